The zero-order valence-electron chi connectivity index (χ0n) is 30.2. The molecule has 3 aromatic carbocycles. The number of rotatable bonds is 11. The Hall–Kier alpha value is -4.23. The number of carbonyl (C=O) groups excluding carboxylic acids is 2. The molecule has 3 amide bonds. The van der Waals surface area contributed by atoms with Crippen LogP contribution < -0.4 is 19.5 Å². The van der Waals surface area contributed by atoms with E-state index in [1.54, 1.807) is 12.1 Å². The van der Waals surface area contributed by atoms with Gasteiger partial charge in [0.25, 0.3) is 5.91 Å². The molecule has 0 spiro atoms. The lowest BCUT2D eigenvalue weighted by Crippen LogP contribution is -2.59. The lowest BCUT2D eigenvalue weighted by atomic mass is 9.76. The Morgan fingerprint density at radius 2 is 1.55 bits per heavy atom. The summed E-state index contributed by atoms with van der Waals surface area (Å²) in [7, 11) is 4.57. The first-order valence-electron chi connectivity index (χ1n) is 17.8. The molecule has 3 aliphatic rings. The van der Waals surface area contributed by atoms with Crippen LogP contribution in [-0.4, -0.2) is 118 Å². The molecule has 12 nitrogen and oxygen atoms in total. The number of benzene rings is 3. The summed E-state index contributed by atoms with van der Waals surface area (Å²) in [6.45, 7) is 3.72. The van der Waals surface area contributed by atoms with Gasteiger partial charge >= 0.3 is 12.0 Å². The Balaban J connectivity index is 1.19. The van der Waals surface area contributed by atoms with Gasteiger partial charge in [0.2, 0.25) is 5.75 Å². The molecular formula is C39H46Cl2N4O8. The molecule has 53 heavy (non-hydrogen) atoms. The minimum atomic E-state index is -1.08. The molecule has 3 aromatic rings. The Morgan fingerprint density at radius 3 is 2.17 bits per heavy atom. The van der Waals surface area contributed by atoms with E-state index in [1.165, 1.54) is 26.2 Å². The summed E-state index contributed by atoms with van der Waals surface area (Å²) in [5.74, 6) is 0.0221. The number of ether oxygens (including phenoxy) is 4. The van der Waals surface area contributed by atoms with Gasteiger partial charge < -0.3 is 44.1 Å². The van der Waals surface area contributed by atoms with Gasteiger partial charge in [-0.3, -0.25) is 4.79 Å². The van der Waals surface area contributed by atoms with Crippen LogP contribution in [0.5, 0.6) is 17.2 Å². The van der Waals surface area contributed by atoms with Gasteiger partial charge in [-0.15, -0.1) is 0 Å². The van der Waals surface area contributed by atoms with Crippen LogP contribution in [0.2, 0.25) is 10.0 Å². The van der Waals surface area contributed by atoms with Crippen LogP contribution in [0, 0.1) is 0 Å². The van der Waals surface area contributed by atoms with Crippen molar-refractivity contribution in [2.45, 2.75) is 42.7 Å². The van der Waals surface area contributed by atoms with E-state index >= 15 is 0 Å². The number of amides is 3. The summed E-state index contributed by atoms with van der Waals surface area (Å²) >= 11 is 12.9. The number of halogens is 2. The van der Waals surface area contributed by atoms with Crippen LogP contribution in [0.1, 0.15) is 47.2 Å². The molecule has 6 rings (SSSR count). The summed E-state index contributed by atoms with van der Waals surface area (Å²) in [4.78, 5) is 45.0. The van der Waals surface area contributed by atoms with Gasteiger partial charge in [0.15, 0.2) is 17.6 Å². The highest BCUT2D eigenvalue weighted by molar-refractivity contribution is 6.42. The molecule has 0 bridgehead atoms. The number of likely N-dealkylation sites (tertiary alicyclic amines) is 2. The van der Waals surface area contributed by atoms with Crippen LogP contribution in [-0.2, 0) is 20.5 Å². The first kappa shape index (κ1) is 38.5. The summed E-state index contributed by atoms with van der Waals surface area (Å²) in [6, 6.07) is 18.8. The van der Waals surface area contributed by atoms with E-state index in [4.69, 9.17) is 42.1 Å². The zero-order chi connectivity index (χ0) is 37.8. The molecule has 2 N–H and O–H groups in total. The molecule has 0 aliphatic carbocycles. The lowest BCUT2D eigenvalue weighted by molar-refractivity contribution is -0.154. The third-order valence-corrected chi connectivity index (χ3v) is 11.7. The average molecular weight is 770 g/mol. The summed E-state index contributed by atoms with van der Waals surface area (Å²) in [5.41, 5.74) is 1.48. The van der Waals surface area contributed by atoms with E-state index in [-0.39, 0.29) is 30.5 Å². The number of hydrogen-bond acceptors (Lipinski definition) is 8. The van der Waals surface area contributed by atoms with Crippen molar-refractivity contribution in [1.29, 1.82) is 0 Å². The molecule has 0 aromatic heterocycles. The van der Waals surface area contributed by atoms with Crippen molar-refractivity contribution in [3.8, 4) is 17.2 Å². The Kier molecular flexibility index (Phi) is 11.9. The van der Waals surface area contributed by atoms with Crippen molar-refractivity contribution >= 4 is 41.1 Å². The molecule has 0 saturated carbocycles. The van der Waals surface area contributed by atoms with E-state index in [0.717, 1.165) is 43.6 Å². The molecule has 284 valence electrons. The number of carboxylic acids is 1. The number of methoxy groups -OCH3 is 3. The Labute approximate surface area is 319 Å². The number of piperidine rings is 1. The molecule has 1 unspecified atom stereocenters. The number of carboxylic acid groups (broad SMARTS) is 1. The monoisotopic (exact) mass is 768 g/mol. The molecule has 3 heterocycles. The highest BCUT2D eigenvalue weighted by Gasteiger charge is 2.44. The maximum atomic E-state index is 14.0. The van der Waals surface area contributed by atoms with Gasteiger partial charge in [-0.2, -0.15) is 0 Å². The summed E-state index contributed by atoms with van der Waals surface area (Å²) < 4.78 is 21.9. The van der Waals surface area contributed by atoms with E-state index in [0.29, 0.717) is 65.3 Å². The van der Waals surface area contributed by atoms with Gasteiger partial charge in [-0.1, -0.05) is 59.6 Å². The minimum absolute atomic E-state index is 0.00592. The van der Waals surface area contributed by atoms with Gasteiger partial charge in [0.05, 0.1) is 50.1 Å². The number of morpholine rings is 1. The van der Waals surface area contributed by atoms with E-state index in [2.05, 4.69) is 10.2 Å². The standard InChI is InChI=1S/C39H46Cl2N4O8/c1-50-31-21-26(22-32(51-2)34(31)52-3)35(46)45-18-12-38(25-45,28-9-10-29(40)30(41)23-28)11-15-43-16-13-39(14-17-43,27-7-5-4-6-8-27)42-37(49)44-19-20-53-33(24-44)36(47)48/h4-10,21-23,33H,11-20,24-25H2,1-3H3,(H,42,49)(H,47,48)/t33?,38-/m1/s1. The van der Waals surface area contributed by atoms with Crippen molar-refractivity contribution in [2.24, 2.45) is 0 Å². The molecule has 3 fully saturated rings. The molecule has 14 heteroatoms. The SMILES string of the molecule is COc1cc(C(=O)N2CC[C@@](CCN3CCC(NC(=O)N4CCOC(C(=O)O)C4)(c4ccccc4)CC3)(c3ccc(Cl)c(Cl)c3)C2)cc(OC)c1OC. The average Bonchev–Trinajstić information content (AvgIpc) is 3.63. The van der Waals surface area contributed by atoms with E-state index in [1.807, 2.05) is 53.4 Å². The second kappa shape index (κ2) is 16.4. The van der Waals surface area contributed by atoms with Crippen LogP contribution in [0.15, 0.2) is 60.7 Å². The summed E-state index contributed by atoms with van der Waals surface area (Å²) in [6.07, 6.45) is 1.78. The summed E-state index contributed by atoms with van der Waals surface area (Å²) in [5, 5.41) is 13.7. The van der Waals surface area contributed by atoms with Crippen molar-refractivity contribution < 1.29 is 38.4 Å². The number of nitrogens with zero attached hydrogens (tertiary/aromatic N) is 3. The minimum Gasteiger partial charge on any atom is -0.493 e. The normalized spacial score (nSPS) is 21.6. The fourth-order valence-electron chi connectivity index (χ4n) is 7.88. The highest BCUT2D eigenvalue weighted by atomic mass is 35.5. The maximum absolute atomic E-state index is 14.0. The number of urea groups is 1. The van der Waals surface area contributed by atoms with Crippen LogP contribution >= 0.6 is 23.2 Å². The highest BCUT2D eigenvalue weighted by Crippen LogP contribution is 2.43. The second-order valence-electron chi connectivity index (χ2n) is 13.9. The predicted molar refractivity (Wildman–Crippen MR) is 201 cm³/mol. The van der Waals surface area contributed by atoms with Gasteiger partial charge in [-0.25, -0.2) is 9.59 Å². The van der Waals surface area contributed by atoms with Crippen LogP contribution in [0.25, 0.3) is 0 Å². The first-order valence-corrected chi connectivity index (χ1v) is 18.5. The number of nitrogens with one attached hydrogen (secondary N) is 1. The molecular weight excluding hydrogens is 723 g/mol. The quantitative estimate of drug-likeness (QED) is 0.253. The maximum Gasteiger partial charge on any atom is 0.334 e. The topological polar surface area (TPSA) is 130 Å². The van der Waals surface area contributed by atoms with Gasteiger partial charge in [-0.05, 0) is 67.6 Å². The van der Waals surface area contributed by atoms with Crippen molar-refractivity contribution in [3.63, 3.8) is 0 Å². The van der Waals surface area contributed by atoms with Gasteiger partial charge in [0, 0.05) is 43.7 Å². The predicted octanol–water partition coefficient (Wildman–Crippen LogP) is 5.68. The van der Waals surface area contributed by atoms with E-state index in [9.17, 15) is 19.5 Å². The molecule has 3 saturated heterocycles. The molecule has 0 radical (unpaired) electrons. The van der Waals surface area contributed by atoms with Crippen LogP contribution in [0.4, 0.5) is 4.79 Å². The van der Waals surface area contributed by atoms with Crippen molar-refractivity contribution in [1.82, 2.24) is 20.0 Å². The number of carbonyl (C=O) groups is 3. The van der Waals surface area contributed by atoms with E-state index < -0.39 is 17.6 Å². The lowest BCUT2D eigenvalue weighted by Gasteiger charge is -2.45. The van der Waals surface area contributed by atoms with Gasteiger partial charge in [0.1, 0.15) is 0 Å². The largest absolute Gasteiger partial charge is 0.493 e. The van der Waals surface area contributed by atoms with Crippen LogP contribution in [0.3, 0.4) is 0 Å². The second-order valence-corrected chi connectivity index (χ2v) is 14.7. The fourth-order valence-corrected chi connectivity index (χ4v) is 8.18. The Bertz CT molecular complexity index is 1780. The number of hydrogen-bond donors (Lipinski definition) is 2. The molecule has 2 atom stereocenters. The zero-order valence-corrected chi connectivity index (χ0v) is 31.8. The smallest absolute Gasteiger partial charge is 0.334 e. The van der Waals surface area contributed by atoms with Crippen molar-refractivity contribution in [3.05, 3.63) is 87.4 Å². The Morgan fingerprint density at radius 1 is 0.849 bits per heavy atom. The molecule has 3 aliphatic heterocycles. The fraction of sp³-hybridized carbons (Fsp3) is 0.462. The first-order chi connectivity index (χ1) is 25.5. The van der Waals surface area contributed by atoms with Crippen molar-refractivity contribution in [2.75, 3.05) is 73.7 Å². The third-order valence-electron chi connectivity index (χ3n) is 11.0. The third kappa shape index (κ3) is 8.16. The number of aliphatic carboxylic acids is 1.